The number of hydrogen-bond acceptors (Lipinski definition) is 4. The summed E-state index contributed by atoms with van der Waals surface area (Å²) in [5.74, 6) is 0.527. The van der Waals surface area contributed by atoms with Gasteiger partial charge in [-0.15, -0.1) is 0 Å². The number of amides is 2. The third-order valence-electron chi connectivity index (χ3n) is 4.19. The fraction of sp³-hybridized carbons (Fsp3) is 0.846. The first-order chi connectivity index (χ1) is 8.72. The number of nitrogens with zero attached hydrogens (tertiary/aromatic N) is 1. The van der Waals surface area contributed by atoms with Gasteiger partial charge in [0.25, 0.3) is 0 Å². The molecule has 1 aliphatic carbocycles. The number of imide groups is 1. The standard InChI is InChI=1S/C13H21N3O2/c17-12-6-11(13(18)15-12)16(7-9-3-4-9)8-10-2-1-5-14-10/h9-11,14H,1-8H2,(H,15,17,18). The summed E-state index contributed by atoms with van der Waals surface area (Å²) in [5.41, 5.74) is 0. The van der Waals surface area contributed by atoms with Crippen LogP contribution >= 0.6 is 0 Å². The van der Waals surface area contributed by atoms with Gasteiger partial charge in [0, 0.05) is 19.1 Å². The van der Waals surface area contributed by atoms with Crippen LogP contribution in [0.1, 0.15) is 32.1 Å². The number of carbonyl (C=O) groups excluding carboxylic acids is 2. The molecule has 0 spiro atoms. The molecule has 3 aliphatic rings. The van der Waals surface area contributed by atoms with Gasteiger partial charge in [-0.05, 0) is 38.1 Å². The molecule has 0 aromatic heterocycles. The zero-order valence-electron chi connectivity index (χ0n) is 10.7. The molecule has 3 rings (SSSR count). The Balaban J connectivity index is 1.63. The lowest BCUT2D eigenvalue weighted by Gasteiger charge is -2.29. The molecule has 100 valence electrons. The molecule has 0 bridgehead atoms. The summed E-state index contributed by atoms with van der Waals surface area (Å²) in [6, 6.07) is 0.271. The van der Waals surface area contributed by atoms with Gasteiger partial charge in [-0.3, -0.25) is 19.8 Å². The fourth-order valence-corrected chi connectivity index (χ4v) is 2.99. The minimum absolute atomic E-state index is 0.0985. The lowest BCUT2D eigenvalue weighted by atomic mass is 10.1. The summed E-state index contributed by atoms with van der Waals surface area (Å²) < 4.78 is 0. The smallest absolute Gasteiger partial charge is 0.244 e. The van der Waals surface area contributed by atoms with Crippen LogP contribution in [-0.2, 0) is 9.59 Å². The molecular formula is C13H21N3O2. The van der Waals surface area contributed by atoms with E-state index in [0.29, 0.717) is 12.5 Å². The van der Waals surface area contributed by atoms with Crippen LogP contribution in [0.3, 0.4) is 0 Å². The fourth-order valence-electron chi connectivity index (χ4n) is 2.99. The molecule has 2 saturated heterocycles. The Morgan fingerprint density at radius 3 is 2.56 bits per heavy atom. The highest BCUT2D eigenvalue weighted by Crippen LogP contribution is 2.31. The molecule has 2 atom stereocenters. The third-order valence-corrected chi connectivity index (χ3v) is 4.19. The van der Waals surface area contributed by atoms with E-state index in [-0.39, 0.29) is 17.9 Å². The Morgan fingerprint density at radius 2 is 2.00 bits per heavy atom. The van der Waals surface area contributed by atoms with Crippen LogP contribution in [0.2, 0.25) is 0 Å². The van der Waals surface area contributed by atoms with Crippen molar-refractivity contribution in [1.82, 2.24) is 15.5 Å². The van der Waals surface area contributed by atoms with E-state index >= 15 is 0 Å². The average Bonchev–Trinajstić information content (AvgIpc) is 2.85. The summed E-state index contributed by atoms with van der Waals surface area (Å²) in [5, 5.41) is 5.90. The molecule has 2 aliphatic heterocycles. The second-order valence-corrected chi connectivity index (χ2v) is 5.82. The van der Waals surface area contributed by atoms with E-state index in [4.69, 9.17) is 0 Å². The van der Waals surface area contributed by atoms with Crippen molar-refractivity contribution >= 4 is 11.8 Å². The van der Waals surface area contributed by atoms with Crippen molar-refractivity contribution in [1.29, 1.82) is 0 Å². The van der Waals surface area contributed by atoms with Crippen molar-refractivity contribution in [3.8, 4) is 0 Å². The van der Waals surface area contributed by atoms with Gasteiger partial charge in [-0.25, -0.2) is 0 Å². The van der Waals surface area contributed by atoms with Gasteiger partial charge in [0.2, 0.25) is 11.8 Å². The maximum Gasteiger partial charge on any atom is 0.244 e. The van der Waals surface area contributed by atoms with Gasteiger partial charge in [-0.2, -0.15) is 0 Å². The average molecular weight is 251 g/mol. The van der Waals surface area contributed by atoms with Crippen molar-refractivity contribution in [3.05, 3.63) is 0 Å². The molecule has 3 fully saturated rings. The van der Waals surface area contributed by atoms with E-state index in [0.717, 1.165) is 25.6 Å². The van der Waals surface area contributed by atoms with Gasteiger partial charge < -0.3 is 5.32 Å². The predicted molar refractivity (Wildman–Crippen MR) is 66.9 cm³/mol. The van der Waals surface area contributed by atoms with Gasteiger partial charge in [-0.1, -0.05) is 0 Å². The van der Waals surface area contributed by atoms with Crippen LogP contribution in [-0.4, -0.2) is 48.4 Å². The monoisotopic (exact) mass is 251 g/mol. The summed E-state index contributed by atoms with van der Waals surface area (Å²) in [6.45, 7) is 2.96. The SMILES string of the molecule is O=C1CC(N(CC2CC2)CC2CCCN2)C(=O)N1. The molecule has 2 amide bonds. The summed E-state index contributed by atoms with van der Waals surface area (Å²) >= 11 is 0. The van der Waals surface area contributed by atoms with Crippen molar-refractivity contribution in [2.75, 3.05) is 19.6 Å². The topological polar surface area (TPSA) is 61.4 Å². The number of nitrogens with one attached hydrogen (secondary N) is 2. The first kappa shape index (κ1) is 12.1. The molecule has 2 unspecified atom stereocenters. The van der Waals surface area contributed by atoms with E-state index in [2.05, 4.69) is 15.5 Å². The lowest BCUT2D eigenvalue weighted by molar-refractivity contribution is -0.126. The van der Waals surface area contributed by atoms with Crippen molar-refractivity contribution in [3.63, 3.8) is 0 Å². The summed E-state index contributed by atoms with van der Waals surface area (Å²) in [7, 11) is 0. The van der Waals surface area contributed by atoms with E-state index in [1.165, 1.54) is 25.7 Å². The summed E-state index contributed by atoms with van der Waals surface area (Å²) in [6.07, 6.45) is 5.30. The first-order valence-electron chi connectivity index (χ1n) is 7.03. The van der Waals surface area contributed by atoms with Crippen LogP contribution in [0.4, 0.5) is 0 Å². The maximum absolute atomic E-state index is 11.8. The Morgan fingerprint density at radius 1 is 1.17 bits per heavy atom. The molecular weight excluding hydrogens is 230 g/mol. The number of hydrogen-bond donors (Lipinski definition) is 2. The quantitative estimate of drug-likeness (QED) is 0.668. The Kier molecular flexibility index (Phi) is 3.35. The zero-order chi connectivity index (χ0) is 12.5. The highest BCUT2D eigenvalue weighted by Gasteiger charge is 2.38. The van der Waals surface area contributed by atoms with Gasteiger partial charge in [0.1, 0.15) is 0 Å². The number of carbonyl (C=O) groups is 2. The molecule has 2 heterocycles. The predicted octanol–water partition coefficient (Wildman–Crippen LogP) is -0.134. The minimum Gasteiger partial charge on any atom is -0.313 e. The largest absolute Gasteiger partial charge is 0.313 e. The van der Waals surface area contributed by atoms with E-state index in [1.54, 1.807) is 0 Å². The van der Waals surface area contributed by atoms with Crippen LogP contribution in [0.25, 0.3) is 0 Å². The second-order valence-electron chi connectivity index (χ2n) is 5.82. The number of rotatable bonds is 5. The molecule has 5 nitrogen and oxygen atoms in total. The second kappa shape index (κ2) is 4.97. The van der Waals surface area contributed by atoms with Crippen molar-refractivity contribution in [2.45, 2.75) is 44.2 Å². The van der Waals surface area contributed by atoms with Gasteiger partial charge >= 0.3 is 0 Å². The maximum atomic E-state index is 11.8. The van der Waals surface area contributed by atoms with E-state index in [9.17, 15) is 9.59 Å². The molecule has 5 heteroatoms. The molecule has 0 aromatic carbocycles. The molecule has 0 radical (unpaired) electrons. The minimum atomic E-state index is -0.222. The van der Waals surface area contributed by atoms with Crippen molar-refractivity contribution in [2.24, 2.45) is 5.92 Å². The Hall–Kier alpha value is -0.940. The first-order valence-corrected chi connectivity index (χ1v) is 7.03. The van der Waals surface area contributed by atoms with Crippen LogP contribution < -0.4 is 10.6 Å². The van der Waals surface area contributed by atoms with Crippen LogP contribution in [0.15, 0.2) is 0 Å². The Labute approximate surface area is 107 Å². The highest BCUT2D eigenvalue weighted by molar-refractivity contribution is 6.05. The summed E-state index contributed by atoms with van der Waals surface area (Å²) in [4.78, 5) is 25.4. The van der Waals surface area contributed by atoms with Crippen molar-refractivity contribution < 1.29 is 9.59 Å². The third kappa shape index (κ3) is 2.72. The molecule has 1 saturated carbocycles. The molecule has 2 N–H and O–H groups in total. The lowest BCUT2D eigenvalue weighted by Crippen LogP contribution is -2.47. The van der Waals surface area contributed by atoms with E-state index in [1.807, 2.05) is 0 Å². The van der Waals surface area contributed by atoms with Crippen LogP contribution in [0, 0.1) is 5.92 Å². The molecule has 0 aromatic rings. The highest BCUT2D eigenvalue weighted by atomic mass is 16.2. The van der Waals surface area contributed by atoms with Gasteiger partial charge in [0.05, 0.1) is 12.5 Å². The zero-order valence-corrected chi connectivity index (χ0v) is 10.7. The van der Waals surface area contributed by atoms with Crippen LogP contribution in [0.5, 0.6) is 0 Å². The normalized spacial score (nSPS) is 32.3. The Bertz CT molecular complexity index is 348. The molecule has 18 heavy (non-hydrogen) atoms. The van der Waals surface area contributed by atoms with E-state index < -0.39 is 0 Å². The van der Waals surface area contributed by atoms with Gasteiger partial charge in [0.15, 0.2) is 0 Å².